The molecule has 2 atom stereocenters. The van der Waals surface area contributed by atoms with Gasteiger partial charge in [-0.2, -0.15) is 0 Å². The maximum atomic E-state index is 12.5. The number of fused-ring (bicyclic) bond motifs is 1. The van der Waals surface area contributed by atoms with Crippen molar-refractivity contribution >= 4 is 15.7 Å². The van der Waals surface area contributed by atoms with E-state index in [1.807, 2.05) is 4.90 Å². The van der Waals surface area contributed by atoms with Crippen LogP contribution >= 0.6 is 0 Å². The van der Waals surface area contributed by atoms with Crippen molar-refractivity contribution in [3.05, 3.63) is 29.8 Å². The van der Waals surface area contributed by atoms with Gasteiger partial charge in [-0.3, -0.25) is 9.69 Å². The Morgan fingerprint density at radius 3 is 2.68 bits per heavy atom. The van der Waals surface area contributed by atoms with Crippen LogP contribution in [-0.4, -0.2) is 55.7 Å². The summed E-state index contributed by atoms with van der Waals surface area (Å²) in [7, 11) is -3.13. The molecule has 156 valence electrons. The van der Waals surface area contributed by atoms with E-state index in [1.54, 1.807) is 6.07 Å². The lowest BCUT2D eigenvalue weighted by atomic mass is 9.93. The third-order valence-corrected chi connectivity index (χ3v) is 7.51. The average molecular weight is 420 g/mol. The Morgan fingerprint density at radius 1 is 1.21 bits per heavy atom. The lowest BCUT2D eigenvalue weighted by Gasteiger charge is -2.43. The molecule has 1 saturated heterocycles. The number of nitrogens with one attached hydrogen (secondary N) is 1. The van der Waals surface area contributed by atoms with Crippen LogP contribution in [0.25, 0.3) is 0 Å². The molecule has 0 spiro atoms. The highest BCUT2D eigenvalue weighted by molar-refractivity contribution is 7.92. The summed E-state index contributed by atoms with van der Waals surface area (Å²) in [5, 5.41) is 2.18. The van der Waals surface area contributed by atoms with Crippen molar-refractivity contribution in [1.29, 1.82) is 0 Å². The number of amides is 1. The van der Waals surface area contributed by atoms with E-state index in [4.69, 9.17) is 0 Å². The predicted molar refractivity (Wildman–Crippen MR) is 96.4 cm³/mol. The topological polar surface area (TPSA) is 75.7 Å². The zero-order chi connectivity index (χ0) is 20.4. The molecule has 1 amide bonds. The van der Waals surface area contributed by atoms with Gasteiger partial charge in [0.05, 0.1) is 17.5 Å². The summed E-state index contributed by atoms with van der Waals surface area (Å²) in [4.78, 5) is 14.2. The van der Waals surface area contributed by atoms with Gasteiger partial charge < -0.3 is 10.1 Å². The lowest BCUT2D eigenvalue weighted by Crippen LogP contribution is -2.57. The number of sulfone groups is 1. The van der Waals surface area contributed by atoms with Crippen molar-refractivity contribution in [2.45, 2.75) is 49.9 Å². The van der Waals surface area contributed by atoms with Crippen LogP contribution in [0.2, 0.25) is 0 Å². The monoisotopic (exact) mass is 420 g/mol. The number of hydrogen-bond donors (Lipinski definition) is 1. The zero-order valence-electron chi connectivity index (χ0n) is 15.2. The van der Waals surface area contributed by atoms with Crippen molar-refractivity contribution in [3.8, 4) is 5.75 Å². The second kappa shape index (κ2) is 8.28. The summed E-state index contributed by atoms with van der Waals surface area (Å²) in [5.41, 5.74) is 0.213. The molecule has 3 rings (SSSR count). The Bertz CT molecular complexity index is 813. The SMILES string of the molecule is O=C(CN1CCS(=O)(=O)[C@@H]2CCCC[C@H]21)NCc1ccccc1OC(F)(F)F. The molecule has 2 aliphatic rings. The van der Waals surface area contributed by atoms with E-state index in [9.17, 15) is 26.4 Å². The summed E-state index contributed by atoms with van der Waals surface area (Å²) in [6, 6.07) is 5.46. The first kappa shape index (κ1) is 20.9. The van der Waals surface area contributed by atoms with Gasteiger partial charge in [0.1, 0.15) is 5.75 Å². The maximum Gasteiger partial charge on any atom is 0.573 e. The minimum Gasteiger partial charge on any atom is -0.405 e. The lowest BCUT2D eigenvalue weighted by molar-refractivity contribution is -0.274. The number of ether oxygens (including phenoxy) is 1. The fourth-order valence-corrected chi connectivity index (χ4v) is 6.08. The summed E-state index contributed by atoms with van der Waals surface area (Å²) >= 11 is 0. The van der Waals surface area contributed by atoms with Crippen LogP contribution in [-0.2, 0) is 21.2 Å². The van der Waals surface area contributed by atoms with E-state index in [-0.39, 0.29) is 42.1 Å². The number of carbonyl (C=O) groups excluding carboxylic acids is 1. The van der Waals surface area contributed by atoms with Crippen LogP contribution < -0.4 is 10.1 Å². The van der Waals surface area contributed by atoms with Gasteiger partial charge >= 0.3 is 6.36 Å². The van der Waals surface area contributed by atoms with Crippen molar-refractivity contribution in [1.82, 2.24) is 10.2 Å². The number of nitrogens with zero attached hydrogens (tertiary/aromatic N) is 1. The molecule has 0 unspecified atom stereocenters. The number of carbonyl (C=O) groups is 1. The van der Waals surface area contributed by atoms with Gasteiger partial charge in [0.15, 0.2) is 9.84 Å². The second-order valence-electron chi connectivity index (χ2n) is 7.16. The van der Waals surface area contributed by atoms with Gasteiger partial charge in [-0.1, -0.05) is 31.0 Å². The first-order valence-corrected chi connectivity index (χ1v) is 10.9. The number of hydrogen-bond acceptors (Lipinski definition) is 5. The number of halogens is 3. The average Bonchev–Trinajstić information content (AvgIpc) is 2.62. The first-order chi connectivity index (χ1) is 13.2. The number of para-hydroxylation sites is 1. The van der Waals surface area contributed by atoms with Gasteiger partial charge in [-0.05, 0) is 18.9 Å². The molecule has 1 aliphatic heterocycles. The molecule has 1 aromatic carbocycles. The zero-order valence-corrected chi connectivity index (χ0v) is 16.1. The molecule has 6 nitrogen and oxygen atoms in total. The van der Waals surface area contributed by atoms with E-state index in [2.05, 4.69) is 10.1 Å². The Kier molecular flexibility index (Phi) is 6.18. The van der Waals surface area contributed by atoms with Gasteiger partial charge in [-0.15, -0.1) is 13.2 Å². The molecule has 1 aromatic rings. The number of rotatable bonds is 5. The second-order valence-corrected chi connectivity index (χ2v) is 9.50. The molecule has 1 saturated carbocycles. The van der Waals surface area contributed by atoms with E-state index in [0.717, 1.165) is 19.3 Å². The summed E-state index contributed by atoms with van der Waals surface area (Å²) in [6.07, 6.45) is -1.66. The molecule has 1 aliphatic carbocycles. The normalized spacial score (nSPS) is 25.0. The standard InChI is InChI=1S/C18H23F3N2O4S/c19-18(20,21)27-15-7-3-1-5-13(15)11-22-17(24)12-23-9-10-28(25,26)16-8-4-2-6-14(16)23/h1,3,5,7,14,16H,2,4,6,8-12H2,(H,22,24)/t14-,16-/m1/s1. The smallest absolute Gasteiger partial charge is 0.405 e. The van der Waals surface area contributed by atoms with Gasteiger partial charge in [0.25, 0.3) is 0 Å². The Labute approximate surface area is 162 Å². The molecule has 28 heavy (non-hydrogen) atoms. The molecule has 1 N–H and O–H groups in total. The van der Waals surface area contributed by atoms with Crippen LogP contribution in [0.3, 0.4) is 0 Å². The van der Waals surface area contributed by atoms with E-state index in [0.29, 0.717) is 13.0 Å². The van der Waals surface area contributed by atoms with Crippen LogP contribution in [0.5, 0.6) is 5.75 Å². The highest BCUT2D eigenvalue weighted by atomic mass is 32.2. The molecule has 10 heteroatoms. The van der Waals surface area contributed by atoms with Gasteiger partial charge in [0, 0.05) is 24.7 Å². The fraction of sp³-hybridized carbons (Fsp3) is 0.611. The molecular weight excluding hydrogens is 397 g/mol. The summed E-state index contributed by atoms with van der Waals surface area (Å²) in [6.45, 7) is 0.217. The summed E-state index contributed by atoms with van der Waals surface area (Å²) in [5.74, 6) is -0.680. The molecular formula is C18H23F3N2O4S. The van der Waals surface area contributed by atoms with Crippen molar-refractivity contribution in [2.24, 2.45) is 0 Å². The molecule has 2 fully saturated rings. The predicted octanol–water partition coefficient (Wildman–Crippen LogP) is 2.24. The van der Waals surface area contributed by atoms with Gasteiger partial charge in [-0.25, -0.2) is 8.42 Å². The van der Waals surface area contributed by atoms with Crippen molar-refractivity contribution < 1.29 is 31.1 Å². The van der Waals surface area contributed by atoms with Crippen LogP contribution in [0.15, 0.2) is 24.3 Å². The maximum absolute atomic E-state index is 12.5. The molecule has 1 heterocycles. The Balaban J connectivity index is 1.59. The quantitative estimate of drug-likeness (QED) is 0.791. The van der Waals surface area contributed by atoms with E-state index < -0.39 is 21.4 Å². The van der Waals surface area contributed by atoms with Crippen LogP contribution in [0, 0.1) is 0 Å². The third-order valence-electron chi connectivity index (χ3n) is 5.28. The van der Waals surface area contributed by atoms with E-state index in [1.165, 1.54) is 18.2 Å². The van der Waals surface area contributed by atoms with E-state index >= 15 is 0 Å². The highest BCUT2D eigenvalue weighted by Gasteiger charge is 2.42. The van der Waals surface area contributed by atoms with Crippen LogP contribution in [0.4, 0.5) is 13.2 Å². The Morgan fingerprint density at radius 2 is 1.93 bits per heavy atom. The van der Waals surface area contributed by atoms with Crippen LogP contribution in [0.1, 0.15) is 31.2 Å². The number of alkyl halides is 3. The van der Waals surface area contributed by atoms with Gasteiger partial charge in [0.2, 0.25) is 5.91 Å². The van der Waals surface area contributed by atoms with Crippen molar-refractivity contribution in [3.63, 3.8) is 0 Å². The number of benzene rings is 1. The first-order valence-electron chi connectivity index (χ1n) is 9.22. The highest BCUT2D eigenvalue weighted by Crippen LogP contribution is 2.32. The third kappa shape index (κ3) is 5.16. The molecule has 0 bridgehead atoms. The summed E-state index contributed by atoms with van der Waals surface area (Å²) < 4.78 is 66.0. The minimum absolute atomic E-state index is 0.0268. The minimum atomic E-state index is -4.81. The fourth-order valence-electron chi connectivity index (χ4n) is 3.98. The molecule has 0 radical (unpaired) electrons. The van der Waals surface area contributed by atoms with Crippen molar-refractivity contribution in [2.75, 3.05) is 18.8 Å². The largest absolute Gasteiger partial charge is 0.573 e. The molecule has 0 aromatic heterocycles. The Hall–Kier alpha value is -1.81.